The fraction of sp³-hybridized carbons (Fsp3) is 0.556. The Balaban J connectivity index is 1.91. The van der Waals surface area contributed by atoms with Gasteiger partial charge in [0.05, 0.1) is 12.1 Å². The van der Waals surface area contributed by atoms with Gasteiger partial charge in [-0.25, -0.2) is 0 Å². The molecule has 0 aliphatic carbocycles. The number of likely N-dealkylation sites (tertiary alicyclic amines) is 1. The van der Waals surface area contributed by atoms with E-state index in [9.17, 15) is 22.8 Å². The molecule has 1 aromatic rings. The van der Waals surface area contributed by atoms with E-state index in [1.807, 2.05) is 0 Å². The van der Waals surface area contributed by atoms with E-state index in [2.05, 4.69) is 5.32 Å². The van der Waals surface area contributed by atoms with Crippen LogP contribution in [0.4, 0.5) is 13.2 Å². The van der Waals surface area contributed by atoms with Gasteiger partial charge in [-0.05, 0) is 43.2 Å². The number of benzene rings is 1. The zero-order valence-electron chi connectivity index (χ0n) is 14.2. The fourth-order valence-corrected chi connectivity index (χ4v) is 3.21. The Morgan fingerprint density at radius 2 is 2.00 bits per heavy atom. The van der Waals surface area contributed by atoms with Crippen LogP contribution in [0.5, 0.6) is 0 Å². The summed E-state index contributed by atoms with van der Waals surface area (Å²) in [7, 11) is 0. The van der Waals surface area contributed by atoms with E-state index in [0.29, 0.717) is 31.5 Å². The maximum absolute atomic E-state index is 13.0. The highest BCUT2D eigenvalue weighted by Crippen LogP contribution is 2.33. The number of hydrogen-bond acceptors (Lipinski definition) is 2. The summed E-state index contributed by atoms with van der Waals surface area (Å²) in [5.41, 5.74) is -0.277. The van der Waals surface area contributed by atoms with Crippen molar-refractivity contribution in [1.29, 1.82) is 0 Å². The summed E-state index contributed by atoms with van der Waals surface area (Å²) in [6.45, 7) is 2.49. The van der Waals surface area contributed by atoms with E-state index in [4.69, 9.17) is 0 Å². The molecule has 0 spiro atoms. The van der Waals surface area contributed by atoms with Crippen LogP contribution in [-0.4, -0.2) is 36.3 Å². The smallest absolute Gasteiger partial charge is 0.347 e. The van der Waals surface area contributed by atoms with Crippen LogP contribution in [0.1, 0.15) is 37.3 Å². The van der Waals surface area contributed by atoms with Gasteiger partial charge >= 0.3 is 6.18 Å². The normalized spacial score (nSPS) is 18.1. The molecule has 4 nitrogen and oxygen atoms in total. The molecule has 1 unspecified atom stereocenters. The van der Waals surface area contributed by atoms with Crippen LogP contribution >= 0.6 is 0 Å². The first kappa shape index (κ1) is 19.3. The fourth-order valence-electron chi connectivity index (χ4n) is 3.21. The average molecular weight is 356 g/mol. The van der Waals surface area contributed by atoms with E-state index < -0.39 is 11.7 Å². The van der Waals surface area contributed by atoms with Crippen molar-refractivity contribution < 1.29 is 22.8 Å². The molecule has 1 saturated heterocycles. The molecular weight excluding hydrogens is 333 g/mol. The number of rotatable bonds is 5. The molecule has 138 valence electrons. The first-order chi connectivity index (χ1) is 11.8. The first-order valence-electron chi connectivity index (χ1n) is 8.44. The van der Waals surface area contributed by atoms with Crippen molar-refractivity contribution in [2.45, 2.75) is 38.8 Å². The van der Waals surface area contributed by atoms with Gasteiger partial charge in [0.25, 0.3) is 0 Å². The van der Waals surface area contributed by atoms with Gasteiger partial charge in [0.2, 0.25) is 11.8 Å². The predicted octanol–water partition coefficient (Wildman–Crippen LogP) is 3.01. The number of amides is 2. The van der Waals surface area contributed by atoms with E-state index >= 15 is 0 Å². The summed E-state index contributed by atoms with van der Waals surface area (Å²) >= 11 is 0. The number of piperidine rings is 1. The highest BCUT2D eigenvalue weighted by atomic mass is 19.4. The van der Waals surface area contributed by atoms with Crippen molar-refractivity contribution in [2.75, 3.05) is 19.6 Å². The Bertz CT molecular complexity index is 617. The molecule has 2 amide bonds. The third-order valence-corrected chi connectivity index (χ3v) is 4.50. The maximum atomic E-state index is 13.0. The van der Waals surface area contributed by atoms with Crippen LogP contribution in [0.15, 0.2) is 24.3 Å². The summed E-state index contributed by atoms with van der Waals surface area (Å²) < 4.78 is 39.1. The Labute approximate surface area is 145 Å². The van der Waals surface area contributed by atoms with Gasteiger partial charge in [-0.3, -0.25) is 9.59 Å². The van der Waals surface area contributed by atoms with E-state index in [-0.39, 0.29) is 24.3 Å². The quantitative estimate of drug-likeness (QED) is 0.882. The predicted molar refractivity (Wildman–Crippen MR) is 87.8 cm³/mol. The first-order valence-corrected chi connectivity index (χ1v) is 8.44. The van der Waals surface area contributed by atoms with Crippen LogP contribution in [0, 0.1) is 5.92 Å². The molecule has 1 aliphatic heterocycles. The molecule has 1 aromatic carbocycles. The van der Waals surface area contributed by atoms with Crippen molar-refractivity contribution in [3.8, 4) is 0 Å². The molecule has 0 bridgehead atoms. The summed E-state index contributed by atoms with van der Waals surface area (Å²) in [4.78, 5) is 24.7. The molecule has 0 saturated carbocycles. The number of nitrogens with one attached hydrogen (secondary N) is 1. The van der Waals surface area contributed by atoms with Crippen molar-refractivity contribution in [3.63, 3.8) is 0 Å². The minimum absolute atomic E-state index is 0.0288. The highest BCUT2D eigenvalue weighted by Gasteiger charge is 2.33. The Morgan fingerprint density at radius 1 is 1.28 bits per heavy atom. The molecule has 7 heteroatoms. The van der Waals surface area contributed by atoms with E-state index in [1.54, 1.807) is 11.0 Å². The SMILES string of the molecule is CC(=O)NCC(=O)N1CCCC(CCc2ccccc2C(F)(F)F)C1. The van der Waals surface area contributed by atoms with Gasteiger partial charge in [0, 0.05) is 20.0 Å². The van der Waals surface area contributed by atoms with Crippen molar-refractivity contribution in [1.82, 2.24) is 10.2 Å². The lowest BCUT2D eigenvalue weighted by Crippen LogP contribution is -2.44. The molecule has 0 aromatic heterocycles. The van der Waals surface area contributed by atoms with Crippen LogP contribution in [0.25, 0.3) is 0 Å². The monoisotopic (exact) mass is 356 g/mol. The van der Waals surface area contributed by atoms with Gasteiger partial charge in [0.1, 0.15) is 0 Å². The zero-order chi connectivity index (χ0) is 18.4. The van der Waals surface area contributed by atoms with Crippen LogP contribution in [0.2, 0.25) is 0 Å². The maximum Gasteiger partial charge on any atom is 0.416 e. The Kier molecular flexibility index (Phi) is 6.45. The molecule has 1 atom stereocenters. The number of hydrogen-bond donors (Lipinski definition) is 1. The molecule has 1 aliphatic rings. The summed E-state index contributed by atoms with van der Waals surface area (Å²) in [6.07, 6.45) is -1.66. The standard InChI is InChI=1S/C18H23F3N2O2/c1-13(24)22-11-17(25)23-10-4-5-14(12-23)8-9-15-6-2-3-7-16(15)18(19,20)21/h2-3,6-7,14H,4-5,8-12H2,1H3,(H,22,24). The zero-order valence-corrected chi connectivity index (χ0v) is 14.2. The second-order valence-corrected chi connectivity index (χ2v) is 6.45. The molecule has 1 N–H and O–H groups in total. The average Bonchev–Trinajstić information content (AvgIpc) is 2.57. The van der Waals surface area contributed by atoms with Crippen molar-refractivity contribution >= 4 is 11.8 Å². The molecule has 1 heterocycles. The lowest BCUT2D eigenvalue weighted by Gasteiger charge is -2.33. The van der Waals surface area contributed by atoms with Crippen molar-refractivity contribution in [3.05, 3.63) is 35.4 Å². The largest absolute Gasteiger partial charge is 0.416 e. The van der Waals surface area contributed by atoms with Crippen LogP contribution in [-0.2, 0) is 22.2 Å². The summed E-state index contributed by atoms with van der Waals surface area (Å²) in [5, 5.41) is 2.48. The van der Waals surface area contributed by atoms with Crippen LogP contribution < -0.4 is 5.32 Å². The van der Waals surface area contributed by atoms with E-state index in [0.717, 1.165) is 18.9 Å². The lowest BCUT2D eigenvalue weighted by atomic mass is 9.90. The molecule has 25 heavy (non-hydrogen) atoms. The number of halogens is 3. The second-order valence-electron chi connectivity index (χ2n) is 6.45. The minimum Gasteiger partial charge on any atom is -0.347 e. The molecule has 1 fully saturated rings. The highest BCUT2D eigenvalue weighted by molar-refractivity contribution is 5.83. The second kappa shape index (κ2) is 8.36. The topological polar surface area (TPSA) is 49.4 Å². The van der Waals surface area contributed by atoms with Gasteiger partial charge < -0.3 is 10.2 Å². The molecular formula is C18H23F3N2O2. The number of alkyl halides is 3. The van der Waals surface area contributed by atoms with Gasteiger partial charge in [-0.2, -0.15) is 13.2 Å². The Morgan fingerprint density at radius 3 is 2.68 bits per heavy atom. The third-order valence-electron chi connectivity index (χ3n) is 4.50. The minimum atomic E-state index is -4.34. The van der Waals surface area contributed by atoms with E-state index in [1.165, 1.54) is 19.1 Å². The van der Waals surface area contributed by atoms with Crippen molar-refractivity contribution in [2.24, 2.45) is 5.92 Å². The molecule has 0 radical (unpaired) electrons. The number of carbonyl (C=O) groups is 2. The van der Waals surface area contributed by atoms with Gasteiger partial charge in [-0.15, -0.1) is 0 Å². The summed E-state index contributed by atoms with van der Waals surface area (Å²) in [6, 6.07) is 5.65. The lowest BCUT2D eigenvalue weighted by molar-refractivity contribution is -0.138. The van der Waals surface area contributed by atoms with Crippen LogP contribution in [0.3, 0.4) is 0 Å². The number of nitrogens with zero attached hydrogens (tertiary/aromatic N) is 1. The van der Waals surface area contributed by atoms with Gasteiger partial charge in [-0.1, -0.05) is 18.2 Å². The Hall–Kier alpha value is -2.05. The molecule has 2 rings (SSSR count). The summed E-state index contributed by atoms with van der Waals surface area (Å²) in [5.74, 6) is -0.224. The number of carbonyl (C=O) groups excluding carboxylic acids is 2. The third kappa shape index (κ3) is 5.76. The number of aryl methyl sites for hydroxylation is 1. The van der Waals surface area contributed by atoms with Gasteiger partial charge in [0.15, 0.2) is 0 Å².